The van der Waals surface area contributed by atoms with Gasteiger partial charge in [0.1, 0.15) is 22.8 Å². The molecule has 50 heavy (non-hydrogen) atoms. The lowest BCUT2D eigenvalue weighted by molar-refractivity contribution is -0.112. The van der Waals surface area contributed by atoms with E-state index in [1.165, 1.54) is 18.2 Å². The number of carbonyl (C=O) groups excluding carboxylic acids is 5. The van der Waals surface area contributed by atoms with Crippen LogP contribution in [0.4, 0.5) is 22.7 Å². The second-order valence-corrected chi connectivity index (χ2v) is 12.0. The van der Waals surface area contributed by atoms with Crippen molar-refractivity contribution in [3.63, 3.8) is 0 Å². The highest BCUT2D eigenvalue weighted by atomic mass is 79.9. The Morgan fingerprint density at radius 3 is 1.32 bits per heavy atom. The van der Waals surface area contributed by atoms with E-state index in [1.54, 1.807) is 91.4 Å². The van der Waals surface area contributed by atoms with Crippen LogP contribution in [0, 0.1) is 0 Å². The van der Waals surface area contributed by atoms with Gasteiger partial charge in [0, 0.05) is 80.0 Å². The van der Waals surface area contributed by atoms with Gasteiger partial charge in [0.05, 0.1) is 33.1 Å². The number of hydrogen-bond acceptors (Lipinski definition) is 6. The second-order valence-electron chi connectivity index (χ2n) is 11.0. The van der Waals surface area contributed by atoms with Gasteiger partial charge in [-0.05, 0) is 40.2 Å². The van der Waals surface area contributed by atoms with Crippen molar-refractivity contribution in [3.05, 3.63) is 82.9 Å². The monoisotopic (exact) mass is 771 g/mol. The minimum absolute atomic E-state index is 0. The fraction of sp³-hybridized carbons (Fsp3) is 0.250. The number of rotatable bonds is 12. The van der Waals surface area contributed by atoms with E-state index in [0.717, 1.165) is 5.84 Å². The number of aromatic nitrogens is 4. The van der Waals surface area contributed by atoms with E-state index in [-0.39, 0.29) is 39.9 Å². The maximum atomic E-state index is 13.2. The predicted molar refractivity (Wildman–Crippen MR) is 199 cm³/mol. The molecule has 5 amide bonds. The van der Waals surface area contributed by atoms with E-state index >= 15 is 0 Å². The number of anilines is 4. The fourth-order valence-corrected chi connectivity index (χ4v) is 5.05. The molecule has 0 unspecified atom stereocenters. The average molecular weight is 773 g/mol. The summed E-state index contributed by atoms with van der Waals surface area (Å²) >= 11 is 3.02. The van der Waals surface area contributed by atoms with Gasteiger partial charge in [-0.3, -0.25) is 29.0 Å². The molecule has 0 aliphatic carbocycles. The first kappa shape index (κ1) is 38.9. The number of amidine groups is 1. The van der Waals surface area contributed by atoms with Crippen molar-refractivity contribution in [1.82, 2.24) is 28.9 Å². The van der Waals surface area contributed by atoms with E-state index in [0.29, 0.717) is 41.4 Å². The fourth-order valence-electron chi connectivity index (χ4n) is 4.95. The first-order valence-corrected chi connectivity index (χ1v) is 15.7. The molecule has 4 aromatic rings. The van der Waals surface area contributed by atoms with Crippen LogP contribution in [0.3, 0.4) is 0 Å². The maximum absolute atomic E-state index is 13.2. The smallest absolute Gasteiger partial charge is 0.272 e. The van der Waals surface area contributed by atoms with Crippen LogP contribution in [0.25, 0.3) is 0 Å². The van der Waals surface area contributed by atoms with Crippen LogP contribution in [-0.4, -0.2) is 74.3 Å². The molecule has 0 saturated carbocycles. The van der Waals surface area contributed by atoms with Gasteiger partial charge in [0.25, 0.3) is 29.5 Å². The van der Waals surface area contributed by atoms with Crippen molar-refractivity contribution in [2.45, 2.75) is 6.42 Å². The Morgan fingerprint density at radius 2 is 1.00 bits per heavy atom. The van der Waals surface area contributed by atoms with Gasteiger partial charge in [-0.2, -0.15) is 0 Å². The van der Waals surface area contributed by atoms with Gasteiger partial charge in [-0.1, -0.05) is 6.58 Å². The van der Waals surface area contributed by atoms with E-state index < -0.39 is 23.6 Å². The van der Waals surface area contributed by atoms with Crippen LogP contribution in [0.5, 0.6) is 0 Å². The summed E-state index contributed by atoms with van der Waals surface area (Å²) in [6, 6.07) is 6.14. The van der Waals surface area contributed by atoms with Gasteiger partial charge in [0.15, 0.2) is 0 Å². The van der Waals surface area contributed by atoms with Crippen LogP contribution in [-0.2, 0) is 33.0 Å². The lowest BCUT2D eigenvalue weighted by Gasteiger charge is -2.07. The summed E-state index contributed by atoms with van der Waals surface area (Å²) < 4.78 is 6.44. The molecule has 18 heteroatoms. The van der Waals surface area contributed by atoms with E-state index in [4.69, 9.17) is 0 Å². The molecule has 4 rings (SSSR count). The quantitative estimate of drug-likeness (QED) is 0.0727. The molecular formula is C32H39BrClN11O5. The van der Waals surface area contributed by atoms with Gasteiger partial charge in [0.2, 0.25) is 0 Å². The molecule has 0 bridgehead atoms. The number of aliphatic imine (C=N–C) groups is 1. The molecule has 266 valence electrons. The molecule has 0 aliphatic heterocycles. The normalized spacial score (nSPS) is 10.9. The lowest BCUT2D eigenvalue weighted by Crippen LogP contribution is -2.30. The molecule has 0 aromatic carbocycles. The molecule has 0 aliphatic rings. The molecular weight excluding hydrogens is 734 g/mol. The molecule has 4 heterocycles. The maximum Gasteiger partial charge on any atom is 0.272 e. The number of aryl methyl sites for hydroxylation is 4. The summed E-state index contributed by atoms with van der Waals surface area (Å²) in [4.78, 5) is 68.0. The highest BCUT2D eigenvalue weighted by Crippen LogP contribution is 2.21. The average Bonchev–Trinajstić information content (AvgIpc) is 3.80. The van der Waals surface area contributed by atoms with Crippen LogP contribution in [0.15, 0.2) is 65.1 Å². The summed E-state index contributed by atoms with van der Waals surface area (Å²) in [5.41, 5.74) is 2.75. The Hall–Kier alpha value is -5.55. The minimum atomic E-state index is -0.467. The molecule has 0 saturated heterocycles. The zero-order chi connectivity index (χ0) is 36.0. The van der Waals surface area contributed by atoms with Crippen molar-refractivity contribution in [2.24, 2.45) is 33.2 Å². The van der Waals surface area contributed by atoms with Crippen LogP contribution < -0.4 is 31.9 Å². The molecule has 0 radical (unpaired) electrons. The Bertz CT molecular complexity index is 1980. The van der Waals surface area contributed by atoms with Crippen LogP contribution in [0.2, 0.25) is 0 Å². The molecule has 0 atom stereocenters. The summed E-state index contributed by atoms with van der Waals surface area (Å²) in [5.74, 6) is -1.33. The first-order valence-electron chi connectivity index (χ1n) is 14.9. The zero-order valence-corrected chi connectivity index (χ0v) is 30.7. The van der Waals surface area contributed by atoms with Gasteiger partial charge in [-0.15, -0.1) is 12.4 Å². The van der Waals surface area contributed by atoms with Crippen molar-refractivity contribution in [2.75, 3.05) is 41.9 Å². The first-order chi connectivity index (χ1) is 23.2. The third-order valence-electron chi connectivity index (χ3n) is 7.43. The van der Waals surface area contributed by atoms with E-state index in [1.807, 2.05) is 0 Å². The number of carbonyl (C=O) groups is 5. The Balaban J connectivity index is 0.00000676. The third-order valence-corrected chi connectivity index (χ3v) is 7.79. The number of hydrogen-bond donors (Lipinski definition) is 6. The van der Waals surface area contributed by atoms with Crippen molar-refractivity contribution < 1.29 is 24.0 Å². The molecule has 4 aromatic heterocycles. The lowest BCUT2D eigenvalue weighted by atomic mass is 10.3. The Labute approximate surface area is 302 Å². The highest BCUT2D eigenvalue weighted by Gasteiger charge is 2.20. The van der Waals surface area contributed by atoms with Crippen LogP contribution in [0.1, 0.15) is 48.4 Å². The minimum Gasteiger partial charge on any atom is -0.377 e. The summed E-state index contributed by atoms with van der Waals surface area (Å²) in [5, 5.41) is 16.8. The van der Waals surface area contributed by atoms with Crippen LogP contribution >= 0.6 is 28.3 Å². The SMILES string of the molecule is C=C(Br)C(=O)Nc1cc(C(=O)Nc2cc(C(=O)Nc3cc(C(=O)Nc4cc(C(=O)NCCC(=NC)NC)n(C)c4)n(C)c3)n(C)c2)n(C)c1.Cl. The second kappa shape index (κ2) is 16.7. The largest absolute Gasteiger partial charge is 0.377 e. The summed E-state index contributed by atoms with van der Waals surface area (Å²) in [6.07, 6.45) is 6.95. The van der Waals surface area contributed by atoms with Crippen molar-refractivity contribution in [3.8, 4) is 0 Å². The third kappa shape index (κ3) is 9.32. The Kier molecular flexibility index (Phi) is 13.0. The van der Waals surface area contributed by atoms with Gasteiger partial charge in [-0.25, -0.2) is 0 Å². The predicted octanol–water partition coefficient (Wildman–Crippen LogP) is 3.43. The molecule has 16 nitrogen and oxygen atoms in total. The van der Waals surface area contributed by atoms with E-state index in [2.05, 4.69) is 59.4 Å². The van der Waals surface area contributed by atoms with Gasteiger partial charge >= 0.3 is 0 Å². The van der Waals surface area contributed by atoms with Crippen molar-refractivity contribution >= 4 is 86.5 Å². The summed E-state index contributed by atoms with van der Waals surface area (Å²) in [7, 11) is 10.1. The summed E-state index contributed by atoms with van der Waals surface area (Å²) in [6.45, 7) is 3.91. The van der Waals surface area contributed by atoms with Gasteiger partial charge < -0.3 is 50.2 Å². The van der Waals surface area contributed by atoms with Crippen molar-refractivity contribution in [1.29, 1.82) is 0 Å². The molecule has 0 spiro atoms. The number of nitrogens with one attached hydrogen (secondary N) is 6. The topological polar surface area (TPSA) is 190 Å². The van der Waals surface area contributed by atoms with E-state index in [9.17, 15) is 24.0 Å². The number of halogens is 2. The zero-order valence-electron chi connectivity index (χ0n) is 28.3. The highest BCUT2D eigenvalue weighted by molar-refractivity contribution is 9.12. The number of nitrogens with zero attached hydrogens (tertiary/aromatic N) is 5. The molecule has 6 N–H and O–H groups in total. The molecule has 0 fully saturated rings. The Morgan fingerprint density at radius 1 is 0.660 bits per heavy atom. The number of amides is 5. The standard InChI is InChI=1S/C32H38BrN11O5.ClH/c1-18(33)28(45)37-19-11-24(42(5)14-19)30(47)39-21-13-26(44(7)16-21)32(49)40-22-12-25(43(6)17-22)31(48)38-20-10-23(41(4)15-20)29(46)36-9-8-27(34-2)35-3;/h10-17H,1,8-9H2,2-7H3,(H,34,35)(H,36,46)(H,37,45)(H,38,48)(H,39,47)(H,40,49);1H.